The molecule has 19 heavy (non-hydrogen) atoms. The molecule has 0 N–H and O–H groups in total. The third-order valence-electron chi connectivity index (χ3n) is 3.97. The second kappa shape index (κ2) is 4.52. The van der Waals surface area contributed by atoms with Gasteiger partial charge in [-0.25, -0.2) is 0 Å². The molecule has 0 radical (unpaired) electrons. The van der Waals surface area contributed by atoms with Gasteiger partial charge in [0, 0.05) is 0 Å². The van der Waals surface area contributed by atoms with Crippen molar-refractivity contribution in [3.63, 3.8) is 0 Å². The number of rotatable bonds is 1. The van der Waals surface area contributed by atoms with Gasteiger partial charge < -0.3 is 0 Å². The van der Waals surface area contributed by atoms with Gasteiger partial charge >= 0.3 is 119 Å². The van der Waals surface area contributed by atoms with Crippen LogP contribution in [0.3, 0.4) is 0 Å². The van der Waals surface area contributed by atoms with Crippen molar-refractivity contribution in [2.45, 2.75) is 12.3 Å². The molecule has 1 unspecified atom stereocenters. The molecule has 0 bridgehead atoms. The molecule has 0 aliphatic heterocycles. The van der Waals surface area contributed by atoms with Crippen LogP contribution < -0.4 is 0 Å². The van der Waals surface area contributed by atoms with Crippen LogP contribution in [0.4, 0.5) is 0 Å². The van der Waals surface area contributed by atoms with Crippen molar-refractivity contribution < 1.29 is 0 Å². The topological polar surface area (TPSA) is 0 Å². The van der Waals surface area contributed by atoms with Crippen LogP contribution in [0, 0.1) is 0 Å². The zero-order chi connectivity index (χ0) is 12.7. The zero-order valence-corrected chi connectivity index (χ0v) is 12.3. The van der Waals surface area contributed by atoms with Crippen LogP contribution in [0.2, 0.25) is 0 Å². The van der Waals surface area contributed by atoms with E-state index in [-0.39, 0.29) is 0 Å². The fraction of sp³-hybridized carbons (Fsp3) is 0.111. The van der Waals surface area contributed by atoms with Crippen LogP contribution >= 0.6 is 0 Å². The van der Waals surface area contributed by atoms with Crippen LogP contribution in [0.25, 0.3) is 0 Å². The standard InChI is InChI=1S/C18H14Se/c1-2-6-13(7-3-1)18-16-9-5-4-8-14(16)10-15-11-19-12-17(15)18/h1-9,11-12,18H,10H2. The first-order chi connectivity index (χ1) is 9.43. The van der Waals surface area contributed by atoms with E-state index in [0.29, 0.717) is 20.4 Å². The van der Waals surface area contributed by atoms with Crippen molar-refractivity contribution in [2.24, 2.45) is 0 Å². The molecule has 1 heteroatoms. The fourth-order valence-corrected chi connectivity index (χ4v) is 4.94. The van der Waals surface area contributed by atoms with Crippen molar-refractivity contribution in [1.29, 1.82) is 0 Å². The predicted molar refractivity (Wildman–Crippen MR) is 80.0 cm³/mol. The summed E-state index contributed by atoms with van der Waals surface area (Å²) in [6.45, 7) is 0. The van der Waals surface area contributed by atoms with Gasteiger partial charge in [0.2, 0.25) is 0 Å². The van der Waals surface area contributed by atoms with Gasteiger partial charge in [-0.05, 0) is 0 Å². The Bertz CT molecular complexity index is 709. The SMILES string of the molecule is c1ccc(C2c3ccccc3Cc3c[se]cc32)cc1. The van der Waals surface area contributed by atoms with Crippen LogP contribution in [0.5, 0.6) is 0 Å². The van der Waals surface area contributed by atoms with Crippen LogP contribution in [0.15, 0.2) is 64.5 Å². The summed E-state index contributed by atoms with van der Waals surface area (Å²) >= 11 is 0.555. The Kier molecular flexibility index (Phi) is 2.68. The van der Waals surface area contributed by atoms with Gasteiger partial charge in [-0.1, -0.05) is 0 Å². The first-order valence-electron chi connectivity index (χ1n) is 6.61. The van der Waals surface area contributed by atoms with E-state index in [1.54, 1.807) is 11.1 Å². The van der Waals surface area contributed by atoms with Gasteiger partial charge in [0.15, 0.2) is 0 Å². The number of benzene rings is 2. The Hall–Kier alpha value is -1.56. The molecule has 92 valence electrons. The maximum atomic E-state index is 2.47. The Morgan fingerprint density at radius 2 is 1.53 bits per heavy atom. The van der Waals surface area contributed by atoms with E-state index in [1.165, 1.54) is 16.7 Å². The van der Waals surface area contributed by atoms with Gasteiger partial charge in [0.05, 0.1) is 0 Å². The summed E-state index contributed by atoms with van der Waals surface area (Å²) in [4.78, 5) is 4.92. The predicted octanol–water partition coefficient (Wildman–Crippen LogP) is 3.83. The van der Waals surface area contributed by atoms with Crippen molar-refractivity contribution in [3.05, 3.63) is 92.3 Å². The molecule has 1 heterocycles. The Morgan fingerprint density at radius 1 is 0.737 bits per heavy atom. The van der Waals surface area contributed by atoms with Crippen molar-refractivity contribution in [3.8, 4) is 0 Å². The van der Waals surface area contributed by atoms with Gasteiger partial charge in [-0.2, -0.15) is 0 Å². The molecule has 4 rings (SSSR count). The number of hydrogen-bond donors (Lipinski definition) is 0. The average molecular weight is 309 g/mol. The van der Waals surface area contributed by atoms with Gasteiger partial charge in [-0.15, -0.1) is 0 Å². The molecule has 0 amide bonds. The van der Waals surface area contributed by atoms with E-state index < -0.39 is 0 Å². The second-order valence-electron chi connectivity index (χ2n) is 5.07. The Balaban J connectivity index is 1.96. The summed E-state index contributed by atoms with van der Waals surface area (Å²) in [7, 11) is 0. The van der Waals surface area contributed by atoms with Crippen molar-refractivity contribution in [2.75, 3.05) is 0 Å². The van der Waals surface area contributed by atoms with E-state index in [0.717, 1.165) is 6.42 Å². The molecule has 0 nitrogen and oxygen atoms in total. The van der Waals surface area contributed by atoms with Gasteiger partial charge in [0.25, 0.3) is 0 Å². The molecule has 0 fully saturated rings. The third-order valence-corrected chi connectivity index (χ3v) is 5.67. The normalized spacial score (nSPS) is 16.7. The summed E-state index contributed by atoms with van der Waals surface area (Å²) in [5.74, 6) is 0.446. The van der Waals surface area contributed by atoms with Gasteiger partial charge in [-0.3, -0.25) is 0 Å². The quantitative estimate of drug-likeness (QED) is 0.469. The van der Waals surface area contributed by atoms with Gasteiger partial charge in [0.1, 0.15) is 0 Å². The molecule has 0 saturated carbocycles. The van der Waals surface area contributed by atoms with Crippen LogP contribution in [-0.2, 0) is 6.42 Å². The van der Waals surface area contributed by atoms with E-state index >= 15 is 0 Å². The minimum absolute atomic E-state index is 0.446. The molecule has 1 aromatic heterocycles. The molecular weight excluding hydrogens is 295 g/mol. The summed E-state index contributed by atoms with van der Waals surface area (Å²) in [5, 5.41) is 0. The molecule has 1 atom stereocenters. The fourth-order valence-electron chi connectivity index (χ4n) is 3.08. The van der Waals surface area contributed by atoms with E-state index in [1.807, 2.05) is 0 Å². The molecule has 0 spiro atoms. The first-order valence-corrected chi connectivity index (χ1v) is 8.59. The molecule has 1 aliphatic rings. The molecule has 1 aliphatic carbocycles. The van der Waals surface area contributed by atoms with Crippen LogP contribution in [-0.4, -0.2) is 14.5 Å². The molecule has 2 aromatic carbocycles. The number of hydrogen-bond acceptors (Lipinski definition) is 0. The Morgan fingerprint density at radius 3 is 2.42 bits per heavy atom. The van der Waals surface area contributed by atoms with E-state index in [4.69, 9.17) is 0 Å². The molecule has 3 aromatic rings. The molecular formula is C18H14Se. The number of fused-ring (bicyclic) bond motifs is 2. The van der Waals surface area contributed by atoms with E-state index in [2.05, 4.69) is 64.5 Å². The molecule has 0 saturated heterocycles. The van der Waals surface area contributed by atoms with Crippen LogP contribution in [0.1, 0.15) is 33.7 Å². The summed E-state index contributed by atoms with van der Waals surface area (Å²) in [5.41, 5.74) is 7.54. The maximum absolute atomic E-state index is 2.47. The van der Waals surface area contributed by atoms with Crippen molar-refractivity contribution >= 4 is 14.5 Å². The second-order valence-corrected chi connectivity index (χ2v) is 6.63. The van der Waals surface area contributed by atoms with Crippen molar-refractivity contribution in [1.82, 2.24) is 0 Å². The zero-order valence-electron chi connectivity index (χ0n) is 10.5. The minimum atomic E-state index is 0.446. The Labute approximate surface area is 119 Å². The van der Waals surface area contributed by atoms with E-state index in [9.17, 15) is 0 Å². The summed E-state index contributed by atoms with van der Waals surface area (Å²) in [6, 6.07) is 19.8. The monoisotopic (exact) mass is 310 g/mol. The third kappa shape index (κ3) is 1.82. The summed E-state index contributed by atoms with van der Waals surface area (Å²) < 4.78 is 0. The average Bonchev–Trinajstić information content (AvgIpc) is 2.93. The summed E-state index contributed by atoms with van der Waals surface area (Å²) in [6.07, 6.45) is 1.12. The first kappa shape index (κ1) is 11.3.